The van der Waals surface area contributed by atoms with Gasteiger partial charge in [-0.1, -0.05) is 43.5 Å². The lowest BCUT2D eigenvalue weighted by Crippen LogP contribution is -2.52. The van der Waals surface area contributed by atoms with Crippen molar-refractivity contribution < 1.29 is 19.8 Å². The van der Waals surface area contributed by atoms with E-state index in [0.29, 0.717) is 29.8 Å². The Hall–Kier alpha value is -2.55. The number of fused-ring (bicyclic) bond motifs is 1. The number of hydrogen-bond donors (Lipinski definition) is 4. The number of phenolic OH excluding ortho intramolecular Hbond substituents is 1. The molecule has 4 unspecified atom stereocenters. The highest BCUT2D eigenvalue weighted by Gasteiger charge is 2.33. The van der Waals surface area contributed by atoms with Gasteiger partial charge in [0.2, 0.25) is 6.41 Å². The van der Waals surface area contributed by atoms with Gasteiger partial charge in [-0.05, 0) is 83.2 Å². The van der Waals surface area contributed by atoms with Crippen molar-refractivity contribution in [2.24, 2.45) is 11.8 Å². The minimum absolute atomic E-state index is 0.0677. The number of aromatic hydroxyl groups is 1. The first kappa shape index (κ1) is 32.0. The molecule has 4 atom stereocenters. The van der Waals surface area contributed by atoms with Gasteiger partial charge in [-0.2, -0.15) is 0 Å². The van der Waals surface area contributed by atoms with E-state index in [1.807, 2.05) is 51.1 Å². The minimum atomic E-state index is -0.664. The fourth-order valence-corrected chi connectivity index (χ4v) is 6.50. The van der Waals surface area contributed by atoms with Crippen LogP contribution in [-0.4, -0.2) is 70.5 Å². The summed E-state index contributed by atoms with van der Waals surface area (Å²) in [4.78, 5) is 26.3. The van der Waals surface area contributed by atoms with Crippen LogP contribution in [0.4, 0.5) is 0 Å². The van der Waals surface area contributed by atoms with Gasteiger partial charge < -0.3 is 25.7 Å². The van der Waals surface area contributed by atoms with Crippen LogP contribution >= 0.6 is 11.8 Å². The number of carbonyl (C=O) groups is 2. The number of β-amino-alcohol motifs (C(OH)–C–C–N with tert-alkyl or cyclic N) is 1. The Balaban J connectivity index is 0.000000559. The zero-order valence-corrected chi connectivity index (χ0v) is 25.3. The second kappa shape index (κ2) is 15.5. The average Bonchev–Trinajstić information content (AvgIpc) is 2.92. The van der Waals surface area contributed by atoms with E-state index in [9.17, 15) is 19.8 Å². The molecular formula is C32H47N3O4S. The second-order valence-corrected chi connectivity index (χ2v) is 13.2. The molecule has 1 heterocycles. The summed E-state index contributed by atoms with van der Waals surface area (Å²) in [6.07, 6.45) is 6.61. The number of nitrogens with zero attached hydrogens (tertiary/aromatic N) is 1. The average molecular weight is 570 g/mol. The molecule has 2 amide bonds. The van der Waals surface area contributed by atoms with E-state index in [4.69, 9.17) is 0 Å². The number of nitrogens with one attached hydrogen (secondary N) is 2. The summed E-state index contributed by atoms with van der Waals surface area (Å²) in [5.74, 6) is 2.03. The zero-order chi connectivity index (χ0) is 29.1. The number of carbonyl (C=O) groups excluding carboxylic acids is 2. The van der Waals surface area contributed by atoms with Gasteiger partial charge in [0.25, 0.3) is 5.91 Å². The van der Waals surface area contributed by atoms with E-state index in [-0.39, 0.29) is 17.2 Å². The molecule has 1 saturated heterocycles. The summed E-state index contributed by atoms with van der Waals surface area (Å²) in [6.45, 7) is 10.2. The third-order valence-corrected chi connectivity index (χ3v) is 8.95. The topological polar surface area (TPSA) is 102 Å². The molecule has 220 valence electrons. The molecule has 1 aliphatic heterocycles. The number of thioether (sulfide) groups is 1. The quantitative estimate of drug-likeness (QED) is 0.251. The maximum absolute atomic E-state index is 13.1. The first-order valence-electron chi connectivity index (χ1n) is 14.5. The van der Waals surface area contributed by atoms with E-state index in [1.165, 1.54) is 32.1 Å². The molecule has 7 nitrogen and oxygen atoms in total. The molecule has 0 aromatic heterocycles. The van der Waals surface area contributed by atoms with Crippen LogP contribution in [0, 0.1) is 18.8 Å². The molecule has 4 rings (SSSR count). The van der Waals surface area contributed by atoms with Crippen molar-refractivity contribution in [2.45, 2.75) is 82.4 Å². The number of hydrogen-bond acceptors (Lipinski definition) is 6. The van der Waals surface area contributed by atoms with Gasteiger partial charge in [-0.3, -0.25) is 9.59 Å². The van der Waals surface area contributed by atoms with Crippen molar-refractivity contribution in [2.75, 3.05) is 25.4 Å². The van der Waals surface area contributed by atoms with E-state index in [1.54, 1.807) is 36.9 Å². The number of aliphatic hydroxyl groups excluding tert-OH is 1. The molecular weight excluding hydrogens is 522 g/mol. The molecule has 1 aliphatic carbocycles. The summed E-state index contributed by atoms with van der Waals surface area (Å²) in [5, 5.41) is 26.9. The summed E-state index contributed by atoms with van der Waals surface area (Å²) < 4.78 is 0. The smallest absolute Gasteiger partial charge is 0.252 e. The summed E-state index contributed by atoms with van der Waals surface area (Å²) in [7, 11) is 0. The molecule has 2 aromatic rings. The number of amides is 2. The maximum atomic E-state index is 13.1. The van der Waals surface area contributed by atoms with E-state index in [2.05, 4.69) is 15.5 Å². The van der Waals surface area contributed by atoms with Gasteiger partial charge >= 0.3 is 0 Å². The predicted molar refractivity (Wildman–Crippen MR) is 163 cm³/mol. The molecule has 4 N–H and O–H groups in total. The Labute approximate surface area is 244 Å². The van der Waals surface area contributed by atoms with Crippen LogP contribution < -0.4 is 10.6 Å². The first-order valence-corrected chi connectivity index (χ1v) is 15.4. The number of phenols is 1. The fraction of sp³-hybridized carbons (Fsp3) is 0.562. The highest BCUT2D eigenvalue weighted by molar-refractivity contribution is 7.99. The number of benzene rings is 2. The van der Waals surface area contributed by atoms with Crippen LogP contribution in [0.1, 0.15) is 68.8 Å². The number of aliphatic hydroxyl groups is 1. The standard InChI is InChI=1S/C27H36N2O3S.C5H11NO/c1-19-23(12-7-13-25(19)30)27(32)28-24(18-33-22-10-3-2-4-11-22)26(31)17-29-15-14-20-8-5-6-9-21(20)16-29;1-5(2,3)6-4-7/h2-4,7,10-13,20-21,24,26,30-31H,5-6,8-9,14-18H2,1H3,(H,28,32);4H,1-3H3,(H,6,7). The largest absolute Gasteiger partial charge is 0.508 e. The van der Waals surface area contributed by atoms with Gasteiger partial charge in [-0.15, -0.1) is 11.8 Å². The zero-order valence-electron chi connectivity index (χ0n) is 24.4. The monoisotopic (exact) mass is 569 g/mol. The maximum Gasteiger partial charge on any atom is 0.252 e. The lowest BCUT2D eigenvalue weighted by atomic mass is 9.75. The Morgan fingerprint density at radius 1 is 1.07 bits per heavy atom. The second-order valence-electron chi connectivity index (χ2n) is 12.1. The van der Waals surface area contributed by atoms with Crippen molar-refractivity contribution in [3.8, 4) is 5.75 Å². The van der Waals surface area contributed by atoms with Gasteiger partial charge in [0.05, 0.1) is 12.1 Å². The van der Waals surface area contributed by atoms with Gasteiger partial charge in [0.1, 0.15) is 5.75 Å². The molecule has 0 spiro atoms. The third kappa shape index (κ3) is 10.1. The Kier molecular flexibility index (Phi) is 12.3. The predicted octanol–water partition coefficient (Wildman–Crippen LogP) is 5.00. The van der Waals surface area contributed by atoms with Gasteiger partial charge in [0, 0.05) is 40.4 Å². The van der Waals surface area contributed by atoms with E-state index >= 15 is 0 Å². The highest BCUT2D eigenvalue weighted by Crippen LogP contribution is 2.36. The molecule has 40 heavy (non-hydrogen) atoms. The first-order chi connectivity index (χ1) is 19.1. The Bertz CT molecular complexity index is 1080. The van der Waals surface area contributed by atoms with Crippen molar-refractivity contribution in [1.82, 2.24) is 15.5 Å². The number of rotatable bonds is 9. The van der Waals surface area contributed by atoms with Crippen LogP contribution in [-0.2, 0) is 4.79 Å². The molecule has 1 saturated carbocycles. The SMILES string of the molecule is CC(C)(C)NC=O.Cc1c(O)cccc1C(=O)NC(CSc1ccccc1)C(O)CN1CCC2CCCCC2C1. The van der Waals surface area contributed by atoms with Gasteiger partial charge in [-0.25, -0.2) is 0 Å². The van der Waals surface area contributed by atoms with Crippen molar-refractivity contribution in [1.29, 1.82) is 0 Å². The molecule has 2 aromatic carbocycles. The fourth-order valence-electron chi connectivity index (χ4n) is 5.48. The highest BCUT2D eigenvalue weighted by atomic mass is 32.2. The third-order valence-electron chi connectivity index (χ3n) is 7.82. The molecule has 0 bridgehead atoms. The summed E-state index contributed by atoms with van der Waals surface area (Å²) in [6, 6.07) is 14.6. The molecule has 8 heteroatoms. The molecule has 2 aliphatic rings. The molecule has 0 radical (unpaired) electrons. The summed E-state index contributed by atoms with van der Waals surface area (Å²) >= 11 is 1.64. The lowest BCUT2D eigenvalue weighted by molar-refractivity contribution is -0.110. The van der Waals surface area contributed by atoms with E-state index in [0.717, 1.165) is 29.8 Å². The van der Waals surface area contributed by atoms with Crippen LogP contribution in [0.25, 0.3) is 0 Å². The van der Waals surface area contributed by atoms with Gasteiger partial charge in [0.15, 0.2) is 0 Å². The summed E-state index contributed by atoms with van der Waals surface area (Å²) in [5.41, 5.74) is 0.931. The molecule has 2 fully saturated rings. The lowest BCUT2D eigenvalue weighted by Gasteiger charge is -2.42. The normalized spacial score (nSPS) is 20.7. The van der Waals surface area contributed by atoms with Crippen molar-refractivity contribution >= 4 is 24.1 Å². The van der Waals surface area contributed by atoms with Crippen molar-refractivity contribution in [3.63, 3.8) is 0 Å². The minimum Gasteiger partial charge on any atom is -0.508 e. The van der Waals surface area contributed by atoms with Crippen LogP contribution in [0.15, 0.2) is 53.4 Å². The van der Waals surface area contributed by atoms with E-state index < -0.39 is 12.1 Å². The van der Waals surface area contributed by atoms with Crippen LogP contribution in [0.5, 0.6) is 5.75 Å². The Morgan fingerprint density at radius 3 is 2.42 bits per heavy atom. The Morgan fingerprint density at radius 2 is 1.77 bits per heavy atom. The number of likely N-dealkylation sites (tertiary alicyclic amines) is 1. The van der Waals surface area contributed by atoms with Crippen molar-refractivity contribution in [3.05, 3.63) is 59.7 Å². The number of piperidine rings is 1. The van der Waals surface area contributed by atoms with Crippen LogP contribution in [0.3, 0.4) is 0 Å². The van der Waals surface area contributed by atoms with Crippen LogP contribution in [0.2, 0.25) is 0 Å².